The average molecular weight is 509 g/mol. The third-order valence-corrected chi connectivity index (χ3v) is 7.69. The molecular formula is C26H37FN2O5S. The number of sulfonamides is 1. The second-order valence-electron chi connectivity index (χ2n) is 9.59. The first kappa shape index (κ1) is 28.9. The normalized spacial score (nSPS) is 13.2. The van der Waals surface area contributed by atoms with Crippen molar-refractivity contribution in [2.24, 2.45) is 0 Å². The van der Waals surface area contributed by atoms with Gasteiger partial charge in [-0.2, -0.15) is 4.31 Å². The van der Waals surface area contributed by atoms with E-state index in [4.69, 9.17) is 5.11 Å². The molecule has 3 N–H and O–H groups in total. The van der Waals surface area contributed by atoms with E-state index in [0.717, 1.165) is 29.6 Å². The fourth-order valence-corrected chi connectivity index (χ4v) is 5.15. The highest BCUT2D eigenvalue weighted by Gasteiger charge is 2.25. The third-order valence-electron chi connectivity index (χ3n) is 5.89. The van der Waals surface area contributed by atoms with Crippen molar-refractivity contribution in [3.05, 3.63) is 65.5 Å². The molecule has 1 unspecified atom stereocenters. The van der Waals surface area contributed by atoms with E-state index >= 15 is 0 Å². The van der Waals surface area contributed by atoms with Crippen molar-refractivity contribution in [2.45, 2.75) is 68.9 Å². The zero-order valence-corrected chi connectivity index (χ0v) is 21.5. The quantitative estimate of drug-likeness (QED) is 0.339. The Kier molecular flexibility index (Phi) is 10.8. The number of aliphatic hydroxyl groups is 1. The van der Waals surface area contributed by atoms with Crippen molar-refractivity contribution in [3.63, 3.8) is 0 Å². The maximum absolute atomic E-state index is 14.1. The Morgan fingerprint density at radius 3 is 2.40 bits per heavy atom. The number of hydrogen-bond donors (Lipinski definition) is 3. The number of nitrogens with zero attached hydrogens (tertiary/aromatic N) is 1. The Hall–Kier alpha value is -2.33. The summed E-state index contributed by atoms with van der Waals surface area (Å²) >= 11 is 0. The molecule has 0 bridgehead atoms. The molecule has 0 aliphatic rings. The van der Waals surface area contributed by atoms with Crippen LogP contribution in [-0.2, 0) is 27.7 Å². The lowest BCUT2D eigenvalue weighted by atomic mass is 9.95. The topological polar surface area (TPSA) is 107 Å². The summed E-state index contributed by atoms with van der Waals surface area (Å²) < 4.78 is 41.0. The van der Waals surface area contributed by atoms with Gasteiger partial charge in [-0.1, -0.05) is 30.3 Å². The number of carboxylic acids is 1. The molecule has 0 heterocycles. The van der Waals surface area contributed by atoms with Crippen LogP contribution in [0.5, 0.6) is 0 Å². The molecule has 194 valence electrons. The van der Waals surface area contributed by atoms with Gasteiger partial charge in [-0.25, -0.2) is 12.8 Å². The van der Waals surface area contributed by atoms with Crippen LogP contribution in [0.25, 0.3) is 0 Å². The largest absolute Gasteiger partial charge is 0.481 e. The number of β-amino-alcohol motifs (C(OH)–C–C–N with tert-alkyl or cyclic N) is 1. The Bertz CT molecular complexity index is 1060. The summed E-state index contributed by atoms with van der Waals surface area (Å²) in [5.74, 6) is -1.67. The van der Waals surface area contributed by atoms with E-state index in [0.29, 0.717) is 5.56 Å². The molecule has 9 heteroatoms. The van der Waals surface area contributed by atoms with Crippen LogP contribution in [0.1, 0.15) is 50.7 Å². The van der Waals surface area contributed by atoms with Gasteiger partial charge in [0, 0.05) is 32.1 Å². The first-order valence-corrected chi connectivity index (χ1v) is 13.3. The SMILES string of the molecule is CN(CC(O)CNC(C)(C)CCCc1ccccc1)S(=O)(=O)c1cc(F)cc(CCCC(=O)O)c1. The third kappa shape index (κ3) is 10.0. The van der Waals surface area contributed by atoms with E-state index in [1.165, 1.54) is 24.7 Å². The molecule has 0 saturated heterocycles. The number of carboxylic acid groups (broad SMARTS) is 1. The summed E-state index contributed by atoms with van der Waals surface area (Å²) in [6.07, 6.45) is 2.31. The fraction of sp³-hybridized carbons (Fsp3) is 0.500. The Labute approximate surface area is 208 Å². The first-order chi connectivity index (χ1) is 16.4. The molecule has 0 aromatic heterocycles. The number of halogens is 1. The van der Waals surface area contributed by atoms with Gasteiger partial charge in [0.15, 0.2) is 0 Å². The van der Waals surface area contributed by atoms with E-state index in [9.17, 15) is 22.7 Å². The highest BCUT2D eigenvalue weighted by Crippen LogP contribution is 2.20. The monoisotopic (exact) mass is 508 g/mol. The van der Waals surface area contributed by atoms with Crippen LogP contribution in [0.4, 0.5) is 4.39 Å². The second kappa shape index (κ2) is 13.1. The molecule has 7 nitrogen and oxygen atoms in total. The lowest BCUT2D eigenvalue weighted by Gasteiger charge is -2.29. The summed E-state index contributed by atoms with van der Waals surface area (Å²) in [5, 5.41) is 22.6. The van der Waals surface area contributed by atoms with Gasteiger partial charge >= 0.3 is 5.97 Å². The number of benzene rings is 2. The minimum Gasteiger partial charge on any atom is -0.481 e. The van der Waals surface area contributed by atoms with Crippen molar-refractivity contribution in [1.82, 2.24) is 9.62 Å². The van der Waals surface area contributed by atoms with E-state index in [1.54, 1.807) is 0 Å². The maximum atomic E-state index is 14.1. The Morgan fingerprint density at radius 1 is 1.09 bits per heavy atom. The van der Waals surface area contributed by atoms with E-state index in [2.05, 4.69) is 17.4 Å². The van der Waals surface area contributed by atoms with Gasteiger partial charge in [-0.05, 0) is 75.3 Å². The van der Waals surface area contributed by atoms with Crippen LogP contribution >= 0.6 is 0 Å². The summed E-state index contributed by atoms with van der Waals surface area (Å²) in [5.41, 5.74) is 1.45. The minimum atomic E-state index is -4.03. The molecular weight excluding hydrogens is 471 g/mol. The summed E-state index contributed by atoms with van der Waals surface area (Å²) in [7, 11) is -2.68. The molecule has 1 atom stereocenters. The highest BCUT2D eigenvalue weighted by molar-refractivity contribution is 7.89. The highest BCUT2D eigenvalue weighted by atomic mass is 32.2. The molecule has 2 aromatic carbocycles. The van der Waals surface area contributed by atoms with Crippen molar-refractivity contribution in [1.29, 1.82) is 0 Å². The number of aryl methyl sites for hydroxylation is 2. The van der Waals surface area contributed by atoms with Crippen LogP contribution in [0, 0.1) is 5.82 Å². The van der Waals surface area contributed by atoms with Crippen molar-refractivity contribution in [2.75, 3.05) is 20.1 Å². The molecule has 0 aliphatic heterocycles. The first-order valence-electron chi connectivity index (χ1n) is 11.8. The van der Waals surface area contributed by atoms with Crippen LogP contribution in [0.3, 0.4) is 0 Å². The molecule has 0 fully saturated rings. The number of carbonyl (C=O) groups is 1. The zero-order chi connectivity index (χ0) is 26.1. The molecule has 0 amide bonds. The predicted molar refractivity (Wildman–Crippen MR) is 134 cm³/mol. The van der Waals surface area contributed by atoms with Gasteiger partial charge in [0.25, 0.3) is 0 Å². The molecule has 0 radical (unpaired) electrons. The van der Waals surface area contributed by atoms with Gasteiger partial charge in [0.05, 0.1) is 11.0 Å². The lowest BCUT2D eigenvalue weighted by Crippen LogP contribution is -2.46. The number of aliphatic hydroxyl groups excluding tert-OH is 1. The molecule has 2 rings (SSSR count). The van der Waals surface area contributed by atoms with Gasteiger partial charge in [0.2, 0.25) is 10.0 Å². The van der Waals surface area contributed by atoms with Crippen molar-refractivity contribution < 1.29 is 27.8 Å². The average Bonchev–Trinajstić information content (AvgIpc) is 2.78. The van der Waals surface area contributed by atoms with E-state index in [-0.39, 0.29) is 42.8 Å². The minimum absolute atomic E-state index is 0.0830. The number of rotatable bonds is 15. The fourth-order valence-electron chi connectivity index (χ4n) is 3.86. The summed E-state index contributed by atoms with van der Waals surface area (Å²) in [4.78, 5) is 10.5. The Morgan fingerprint density at radius 2 is 1.74 bits per heavy atom. The van der Waals surface area contributed by atoms with Crippen LogP contribution in [-0.4, -0.2) is 60.7 Å². The van der Waals surface area contributed by atoms with Crippen LogP contribution in [0.2, 0.25) is 0 Å². The molecule has 0 saturated carbocycles. The molecule has 35 heavy (non-hydrogen) atoms. The van der Waals surface area contributed by atoms with Gasteiger partial charge in [0.1, 0.15) is 5.82 Å². The number of nitrogens with one attached hydrogen (secondary N) is 1. The van der Waals surface area contributed by atoms with E-state index < -0.39 is 27.9 Å². The maximum Gasteiger partial charge on any atom is 0.303 e. The van der Waals surface area contributed by atoms with Crippen LogP contribution < -0.4 is 5.32 Å². The predicted octanol–water partition coefficient (Wildman–Crippen LogP) is 3.61. The van der Waals surface area contributed by atoms with Crippen molar-refractivity contribution >= 4 is 16.0 Å². The van der Waals surface area contributed by atoms with Crippen LogP contribution in [0.15, 0.2) is 53.4 Å². The molecule has 0 spiro atoms. The second-order valence-corrected chi connectivity index (χ2v) is 11.6. The van der Waals surface area contributed by atoms with Gasteiger partial charge in [-0.15, -0.1) is 0 Å². The molecule has 2 aromatic rings. The summed E-state index contributed by atoms with van der Waals surface area (Å²) in [6.45, 7) is 4.15. The zero-order valence-electron chi connectivity index (χ0n) is 20.7. The number of aliphatic carboxylic acids is 1. The smallest absolute Gasteiger partial charge is 0.303 e. The Balaban J connectivity index is 1.89. The number of likely N-dealkylation sites (N-methyl/N-ethyl adjacent to an activating group) is 1. The van der Waals surface area contributed by atoms with Gasteiger partial charge in [-0.3, -0.25) is 4.79 Å². The standard InChI is InChI=1S/C26H37FN2O5S/c1-26(2,14-8-12-20-9-5-4-6-10-20)28-18-23(30)19-29(3)35(33,34)24-16-21(15-22(27)17-24)11-7-13-25(31)32/h4-6,9-10,15-17,23,28,30H,7-8,11-14,18-19H2,1-3H3,(H,31,32). The number of hydrogen-bond acceptors (Lipinski definition) is 5. The van der Waals surface area contributed by atoms with Gasteiger partial charge < -0.3 is 15.5 Å². The lowest BCUT2D eigenvalue weighted by molar-refractivity contribution is -0.137. The summed E-state index contributed by atoms with van der Waals surface area (Å²) in [6, 6.07) is 13.7. The van der Waals surface area contributed by atoms with E-state index in [1.807, 2.05) is 32.0 Å². The van der Waals surface area contributed by atoms with Crippen molar-refractivity contribution in [3.8, 4) is 0 Å². The molecule has 0 aliphatic carbocycles.